The van der Waals surface area contributed by atoms with Crippen molar-refractivity contribution >= 4 is 27.4 Å². The van der Waals surface area contributed by atoms with E-state index >= 15 is 0 Å². The summed E-state index contributed by atoms with van der Waals surface area (Å²) in [4.78, 5) is 4.32. The highest BCUT2D eigenvalue weighted by Crippen LogP contribution is 2.19. The van der Waals surface area contributed by atoms with Crippen molar-refractivity contribution in [1.82, 2.24) is 9.29 Å². The molecule has 0 aliphatic heterocycles. The minimum Gasteiger partial charge on any atom is -0.369 e. The molecule has 0 saturated carbocycles. The van der Waals surface area contributed by atoms with Crippen molar-refractivity contribution in [3.8, 4) is 0 Å². The summed E-state index contributed by atoms with van der Waals surface area (Å²) in [6, 6.07) is 3.21. The minimum absolute atomic E-state index is 0.0342. The van der Waals surface area contributed by atoms with Gasteiger partial charge >= 0.3 is 0 Å². The molecule has 1 N–H and O–H groups in total. The number of pyridine rings is 1. The smallest absolute Gasteiger partial charge is 0.244 e. The summed E-state index contributed by atoms with van der Waals surface area (Å²) in [7, 11) is -0.439. The summed E-state index contributed by atoms with van der Waals surface area (Å²) in [5.41, 5.74) is 0. The molecule has 0 aromatic carbocycles. The van der Waals surface area contributed by atoms with Crippen LogP contribution in [0.1, 0.15) is 26.7 Å². The van der Waals surface area contributed by atoms with E-state index in [4.69, 9.17) is 11.6 Å². The molecule has 21 heavy (non-hydrogen) atoms. The van der Waals surface area contributed by atoms with Crippen LogP contribution >= 0.6 is 11.6 Å². The molecule has 0 fully saturated rings. The second-order valence-electron chi connectivity index (χ2n) is 5.14. The van der Waals surface area contributed by atoms with Crippen molar-refractivity contribution in [3.05, 3.63) is 18.3 Å². The molecule has 120 valence electrons. The third-order valence-electron chi connectivity index (χ3n) is 3.55. The van der Waals surface area contributed by atoms with E-state index in [0.717, 1.165) is 12.8 Å². The van der Waals surface area contributed by atoms with Crippen molar-refractivity contribution in [2.75, 3.05) is 26.0 Å². The van der Waals surface area contributed by atoms with Crippen LogP contribution in [0.25, 0.3) is 0 Å². The second-order valence-corrected chi connectivity index (χ2v) is 7.85. The molecule has 0 aliphatic rings. The van der Waals surface area contributed by atoms with E-state index in [1.807, 2.05) is 0 Å². The Balaban J connectivity index is 2.68. The molecule has 1 aromatic rings. The highest BCUT2D eigenvalue weighted by atomic mass is 35.5. The molecule has 0 bridgehead atoms. The first-order chi connectivity index (χ1) is 9.82. The topological polar surface area (TPSA) is 62.3 Å². The third-order valence-corrected chi connectivity index (χ3v) is 5.86. The van der Waals surface area contributed by atoms with Crippen LogP contribution in [-0.4, -0.2) is 43.7 Å². The SMILES string of the molecule is CCC(CC)C(Cl)CNc1ccc(S(=O)(=O)N(C)C)cn1. The summed E-state index contributed by atoms with van der Waals surface area (Å²) in [6.45, 7) is 4.87. The first-order valence-corrected chi connectivity index (χ1v) is 8.97. The second kappa shape index (κ2) is 7.96. The Morgan fingerprint density at radius 3 is 2.33 bits per heavy atom. The van der Waals surface area contributed by atoms with Crippen LogP contribution in [0.3, 0.4) is 0 Å². The Bertz CT molecular complexity index is 528. The molecule has 0 amide bonds. The number of halogens is 1. The van der Waals surface area contributed by atoms with E-state index < -0.39 is 10.0 Å². The highest BCUT2D eigenvalue weighted by molar-refractivity contribution is 7.89. The van der Waals surface area contributed by atoms with Gasteiger partial charge in [-0.2, -0.15) is 0 Å². The van der Waals surface area contributed by atoms with Crippen LogP contribution < -0.4 is 5.32 Å². The van der Waals surface area contributed by atoms with E-state index in [0.29, 0.717) is 18.3 Å². The Labute approximate surface area is 132 Å². The number of hydrogen-bond acceptors (Lipinski definition) is 4. The first-order valence-electron chi connectivity index (χ1n) is 7.09. The fourth-order valence-electron chi connectivity index (χ4n) is 2.02. The Kier molecular flexibility index (Phi) is 6.90. The average molecular weight is 334 g/mol. The first kappa shape index (κ1) is 18.2. The van der Waals surface area contributed by atoms with E-state index in [2.05, 4.69) is 24.1 Å². The van der Waals surface area contributed by atoms with Crippen LogP contribution in [0.5, 0.6) is 0 Å². The standard InChI is InChI=1S/C14H24ClN3O2S/c1-5-11(6-2)13(15)10-17-14-8-7-12(9-16-14)21(19,20)18(3)4/h7-9,11,13H,5-6,10H2,1-4H3,(H,16,17). The summed E-state index contributed by atoms with van der Waals surface area (Å²) in [5.74, 6) is 1.09. The molecule has 0 saturated heterocycles. The number of hydrogen-bond donors (Lipinski definition) is 1. The van der Waals surface area contributed by atoms with Crippen LogP contribution in [-0.2, 0) is 10.0 Å². The van der Waals surface area contributed by atoms with Crippen LogP contribution in [0, 0.1) is 5.92 Å². The Hall–Kier alpha value is -0.850. The molecular weight excluding hydrogens is 310 g/mol. The van der Waals surface area contributed by atoms with Gasteiger partial charge in [-0.3, -0.25) is 0 Å². The van der Waals surface area contributed by atoms with Crippen molar-refractivity contribution < 1.29 is 8.42 Å². The zero-order valence-electron chi connectivity index (χ0n) is 13.0. The fraction of sp³-hybridized carbons (Fsp3) is 0.643. The Morgan fingerprint density at radius 1 is 1.29 bits per heavy atom. The number of aromatic nitrogens is 1. The molecule has 0 aliphatic carbocycles. The van der Waals surface area contributed by atoms with Gasteiger partial charge in [-0.1, -0.05) is 26.7 Å². The molecule has 1 rings (SSSR count). The lowest BCUT2D eigenvalue weighted by atomic mass is 9.99. The average Bonchev–Trinajstić information content (AvgIpc) is 2.46. The summed E-state index contributed by atoms with van der Waals surface area (Å²) < 4.78 is 25.0. The lowest BCUT2D eigenvalue weighted by molar-refractivity contribution is 0.475. The van der Waals surface area contributed by atoms with Crippen molar-refractivity contribution in [3.63, 3.8) is 0 Å². The molecule has 1 unspecified atom stereocenters. The largest absolute Gasteiger partial charge is 0.369 e. The van der Waals surface area contributed by atoms with Crippen LogP contribution in [0.2, 0.25) is 0 Å². The number of sulfonamides is 1. The molecule has 1 aromatic heterocycles. The van der Waals surface area contributed by atoms with E-state index in [9.17, 15) is 8.42 Å². The van der Waals surface area contributed by atoms with E-state index in [1.54, 1.807) is 12.1 Å². The van der Waals surface area contributed by atoms with E-state index in [1.165, 1.54) is 24.6 Å². The van der Waals surface area contributed by atoms with E-state index in [-0.39, 0.29) is 10.3 Å². The van der Waals surface area contributed by atoms with Gasteiger partial charge in [-0.05, 0) is 18.1 Å². The Morgan fingerprint density at radius 2 is 1.90 bits per heavy atom. The van der Waals surface area contributed by atoms with Gasteiger partial charge in [0.2, 0.25) is 10.0 Å². The van der Waals surface area contributed by atoms with Crippen molar-refractivity contribution in [1.29, 1.82) is 0 Å². The normalized spacial score (nSPS) is 13.7. The lowest BCUT2D eigenvalue weighted by Crippen LogP contribution is -2.24. The van der Waals surface area contributed by atoms with Gasteiger partial charge in [0.25, 0.3) is 0 Å². The fourth-order valence-corrected chi connectivity index (χ4v) is 3.30. The molecule has 1 heterocycles. The van der Waals surface area contributed by atoms with Crippen LogP contribution in [0.4, 0.5) is 5.82 Å². The van der Waals surface area contributed by atoms with Gasteiger partial charge in [0.15, 0.2) is 0 Å². The lowest BCUT2D eigenvalue weighted by Gasteiger charge is -2.19. The maximum absolute atomic E-state index is 11.9. The predicted molar refractivity (Wildman–Crippen MR) is 87.3 cm³/mol. The summed E-state index contributed by atoms with van der Waals surface area (Å²) >= 11 is 6.35. The van der Waals surface area contributed by atoms with Gasteiger partial charge < -0.3 is 5.32 Å². The number of alkyl halides is 1. The quantitative estimate of drug-likeness (QED) is 0.743. The number of nitrogens with zero attached hydrogens (tertiary/aromatic N) is 2. The molecular formula is C14H24ClN3O2S. The number of nitrogens with one attached hydrogen (secondary N) is 1. The van der Waals surface area contributed by atoms with Gasteiger partial charge in [0, 0.05) is 26.8 Å². The highest BCUT2D eigenvalue weighted by Gasteiger charge is 2.18. The van der Waals surface area contributed by atoms with Crippen molar-refractivity contribution in [2.24, 2.45) is 5.92 Å². The number of anilines is 1. The van der Waals surface area contributed by atoms with Gasteiger partial charge in [0.05, 0.1) is 5.38 Å². The molecule has 1 atom stereocenters. The zero-order valence-corrected chi connectivity index (χ0v) is 14.6. The predicted octanol–water partition coefficient (Wildman–Crippen LogP) is 2.79. The molecule has 0 radical (unpaired) electrons. The zero-order chi connectivity index (χ0) is 16.0. The third kappa shape index (κ3) is 4.83. The van der Waals surface area contributed by atoms with Gasteiger partial charge in [-0.15, -0.1) is 11.6 Å². The van der Waals surface area contributed by atoms with Gasteiger partial charge in [0.1, 0.15) is 10.7 Å². The van der Waals surface area contributed by atoms with Gasteiger partial charge in [-0.25, -0.2) is 17.7 Å². The minimum atomic E-state index is -3.43. The monoisotopic (exact) mass is 333 g/mol. The van der Waals surface area contributed by atoms with Crippen molar-refractivity contribution in [2.45, 2.75) is 37.0 Å². The summed E-state index contributed by atoms with van der Waals surface area (Å²) in [6.07, 6.45) is 3.44. The molecule has 7 heteroatoms. The molecule has 5 nitrogen and oxygen atoms in total. The summed E-state index contributed by atoms with van der Waals surface area (Å²) in [5, 5.41) is 3.18. The van der Waals surface area contributed by atoms with Crippen LogP contribution in [0.15, 0.2) is 23.2 Å². The maximum atomic E-state index is 11.9. The molecule has 0 spiro atoms. The maximum Gasteiger partial charge on any atom is 0.244 e. The number of rotatable bonds is 8.